The van der Waals surface area contributed by atoms with Gasteiger partial charge in [-0.05, 0) is 30.2 Å². The van der Waals surface area contributed by atoms with Crippen LogP contribution in [0.4, 0.5) is 4.39 Å². The first-order valence-corrected chi connectivity index (χ1v) is 11.1. The lowest BCUT2D eigenvalue weighted by Gasteiger charge is -2.23. The second-order valence-electron chi connectivity index (χ2n) is 8.26. The molecule has 2 aromatic heterocycles. The maximum Gasteiger partial charge on any atom is 0.270 e. The second-order valence-corrected chi connectivity index (χ2v) is 8.67. The van der Waals surface area contributed by atoms with Crippen LogP contribution in [0.5, 0.6) is 0 Å². The van der Waals surface area contributed by atoms with Crippen LogP contribution in [0.2, 0.25) is 5.02 Å². The summed E-state index contributed by atoms with van der Waals surface area (Å²) < 4.78 is 16.3. The molecule has 1 N–H and O–H groups in total. The summed E-state index contributed by atoms with van der Waals surface area (Å²) in [7, 11) is 0. The summed E-state index contributed by atoms with van der Waals surface area (Å²) in [5.41, 5.74) is 0.872. The molecule has 9 heteroatoms. The first-order chi connectivity index (χ1) is 15.4. The zero-order valence-corrected chi connectivity index (χ0v) is 18.9. The highest BCUT2D eigenvalue weighted by atomic mass is 35.5. The van der Waals surface area contributed by atoms with Crippen LogP contribution in [0.3, 0.4) is 0 Å². The van der Waals surface area contributed by atoms with Crippen LogP contribution < -0.4 is 5.32 Å². The van der Waals surface area contributed by atoms with Gasteiger partial charge in [0.1, 0.15) is 17.3 Å². The molecular formula is C23H26ClFN6O. The number of hydrogen-bond donors (Lipinski definition) is 1. The Balaban J connectivity index is 1.51. The van der Waals surface area contributed by atoms with E-state index in [1.807, 2.05) is 13.8 Å². The molecule has 7 nitrogen and oxygen atoms in total. The van der Waals surface area contributed by atoms with E-state index in [0.717, 1.165) is 18.2 Å². The van der Waals surface area contributed by atoms with Gasteiger partial charge >= 0.3 is 0 Å². The Labute approximate surface area is 191 Å². The van der Waals surface area contributed by atoms with E-state index < -0.39 is 0 Å². The number of benzene rings is 1. The minimum Gasteiger partial charge on any atom is -0.340 e. The topological polar surface area (TPSA) is 75.9 Å². The Morgan fingerprint density at radius 2 is 2.00 bits per heavy atom. The molecule has 0 saturated heterocycles. The fourth-order valence-corrected chi connectivity index (χ4v) is 4.15. The molecule has 0 fully saturated rings. The average Bonchev–Trinajstić information content (AvgIpc) is 3.07. The Morgan fingerprint density at radius 1 is 1.16 bits per heavy atom. The molecule has 1 atom stereocenters. The van der Waals surface area contributed by atoms with Gasteiger partial charge < -0.3 is 9.88 Å². The number of nitrogens with one attached hydrogen (secondary N) is 1. The number of carbonyl (C=O) groups is 1. The minimum atomic E-state index is -0.307. The van der Waals surface area contributed by atoms with Crippen LogP contribution in [-0.4, -0.2) is 43.6 Å². The van der Waals surface area contributed by atoms with E-state index in [1.165, 1.54) is 6.07 Å². The van der Waals surface area contributed by atoms with Gasteiger partial charge in [0.2, 0.25) is 0 Å². The van der Waals surface area contributed by atoms with Crippen molar-refractivity contribution in [2.24, 2.45) is 5.92 Å². The average molecular weight is 457 g/mol. The molecule has 0 bridgehead atoms. The van der Waals surface area contributed by atoms with Crippen molar-refractivity contribution in [2.45, 2.75) is 39.4 Å². The summed E-state index contributed by atoms with van der Waals surface area (Å²) in [6, 6.07) is 9.69. The Kier molecular flexibility index (Phi) is 6.81. The molecule has 1 aromatic carbocycles. The van der Waals surface area contributed by atoms with Crippen molar-refractivity contribution in [3.8, 4) is 0 Å². The quantitative estimate of drug-likeness (QED) is 0.612. The van der Waals surface area contributed by atoms with Gasteiger partial charge in [-0.3, -0.25) is 14.7 Å². The Bertz CT molecular complexity index is 1070. The van der Waals surface area contributed by atoms with Gasteiger partial charge in [0, 0.05) is 49.4 Å². The smallest absolute Gasteiger partial charge is 0.270 e. The van der Waals surface area contributed by atoms with Crippen LogP contribution in [-0.2, 0) is 19.5 Å². The third-order valence-corrected chi connectivity index (χ3v) is 6.07. The van der Waals surface area contributed by atoms with Crippen molar-refractivity contribution < 1.29 is 9.18 Å². The normalized spacial score (nSPS) is 15.3. The molecule has 1 amide bonds. The SMILES string of the molecule is CC(C)C(NC(=O)c1ccccn1)c1nnc2n1CCN(Cc1c(F)cccc1Cl)CC2. The van der Waals surface area contributed by atoms with Crippen LogP contribution in [0, 0.1) is 11.7 Å². The molecule has 3 heterocycles. The number of halogens is 2. The molecule has 0 radical (unpaired) electrons. The monoisotopic (exact) mass is 456 g/mol. The Hall–Kier alpha value is -2.84. The minimum absolute atomic E-state index is 0.104. The number of nitrogens with zero attached hydrogens (tertiary/aromatic N) is 5. The maximum absolute atomic E-state index is 14.2. The zero-order valence-electron chi connectivity index (χ0n) is 18.1. The summed E-state index contributed by atoms with van der Waals surface area (Å²) in [6.45, 7) is 6.56. The molecular weight excluding hydrogens is 431 g/mol. The first kappa shape index (κ1) is 22.4. The molecule has 168 valence electrons. The number of carbonyl (C=O) groups excluding carboxylic acids is 1. The Morgan fingerprint density at radius 3 is 2.72 bits per heavy atom. The van der Waals surface area contributed by atoms with Crippen molar-refractivity contribution >= 4 is 17.5 Å². The van der Waals surface area contributed by atoms with E-state index in [1.54, 1.807) is 36.5 Å². The number of aromatic nitrogens is 4. The largest absolute Gasteiger partial charge is 0.340 e. The molecule has 0 spiro atoms. The summed E-state index contributed by atoms with van der Waals surface area (Å²) >= 11 is 6.22. The van der Waals surface area contributed by atoms with Gasteiger partial charge in [-0.2, -0.15) is 0 Å². The highest BCUT2D eigenvalue weighted by Crippen LogP contribution is 2.25. The zero-order chi connectivity index (χ0) is 22.7. The first-order valence-electron chi connectivity index (χ1n) is 10.7. The lowest BCUT2D eigenvalue weighted by Crippen LogP contribution is -2.34. The lowest BCUT2D eigenvalue weighted by atomic mass is 10.0. The maximum atomic E-state index is 14.2. The summed E-state index contributed by atoms with van der Waals surface area (Å²) in [5.74, 6) is 1.16. The fraction of sp³-hybridized carbons (Fsp3) is 0.391. The van der Waals surface area contributed by atoms with E-state index in [2.05, 4.69) is 30.0 Å². The lowest BCUT2D eigenvalue weighted by molar-refractivity contribution is 0.0916. The van der Waals surface area contributed by atoms with Gasteiger partial charge in [0.15, 0.2) is 5.82 Å². The predicted molar refractivity (Wildman–Crippen MR) is 120 cm³/mol. The molecule has 3 aromatic rings. The summed E-state index contributed by atoms with van der Waals surface area (Å²) in [5, 5.41) is 12.3. The summed E-state index contributed by atoms with van der Waals surface area (Å²) in [6.07, 6.45) is 2.27. The van der Waals surface area contributed by atoms with Crippen LogP contribution in [0.1, 0.15) is 47.6 Å². The van der Waals surface area contributed by atoms with Gasteiger partial charge in [0.05, 0.1) is 6.04 Å². The third kappa shape index (κ3) is 4.81. The van der Waals surface area contributed by atoms with Gasteiger partial charge in [-0.25, -0.2) is 4.39 Å². The molecule has 32 heavy (non-hydrogen) atoms. The number of pyridine rings is 1. The van der Waals surface area contributed by atoms with Crippen molar-refractivity contribution in [1.29, 1.82) is 0 Å². The number of rotatable bonds is 6. The molecule has 1 unspecified atom stereocenters. The highest BCUT2D eigenvalue weighted by molar-refractivity contribution is 6.31. The third-order valence-electron chi connectivity index (χ3n) is 5.72. The van der Waals surface area contributed by atoms with Gasteiger partial charge in [0.25, 0.3) is 5.91 Å². The van der Waals surface area contributed by atoms with Crippen LogP contribution in [0.25, 0.3) is 0 Å². The highest BCUT2D eigenvalue weighted by Gasteiger charge is 2.28. The van der Waals surface area contributed by atoms with E-state index in [9.17, 15) is 9.18 Å². The van der Waals surface area contributed by atoms with Gasteiger partial charge in [-0.15, -0.1) is 10.2 Å². The van der Waals surface area contributed by atoms with Crippen molar-refractivity contribution in [3.05, 3.63) is 76.3 Å². The van der Waals surface area contributed by atoms with E-state index >= 15 is 0 Å². The molecule has 0 aliphatic carbocycles. The molecule has 1 aliphatic heterocycles. The number of fused-ring (bicyclic) bond motifs is 1. The van der Waals surface area contributed by atoms with Crippen molar-refractivity contribution in [3.63, 3.8) is 0 Å². The van der Waals surface area contributed by atoms with Crippen molar-refractivity contribution in [2.75, 3.05) is 13.1 Å². The van der Waals surface area contributed by atoms with Crippen LogP contribution in [0.15, 0.2) is 42.6 Å². The number of hydrogen-bond acceptors (Lipinski definition) is 5. The van der Waals surface area contributed by atoms with Crippen LogP contribution >= 0.6 is 11.6 Å². The number of amides is 1. The van der Waals surface area contributed by atoms with E-state index in [-0.39, 0.29) is 23.7 Å². The predicted octanol–water partition coefficient (Wildman–Crippen LogP) is 3.65. The summed E-state index contributed by atoms with van der Waals surface area (Å²) in [4.78, 5) is 19.0. The fourth-order valence-electron chi connectivity index (χ4n) is 3.93. The molecule has 1 aliphatic rings. The molecule has 0 saturated carbocycles. The second kappa shape index (κ2) is 9.75. The van der Waals surface area contributed by atoms with Gasteiger partial charge in [-0.1, -0.05) is 37.6 Å². The standard InChI is InChI=1S/C23H26ClFN6O/c1-15(2)21(27-23(32)19-8-3-4-10-26-19)22-29-28-20-9-11-30(12-13-31(20)22)14-16-17(24)6-5-7-18(16)25/h3-8,10,15,21H,9,11-14H2,1-2H3,(H,27,32). The van der Waals surface area contributed by atoms with Crippen molar-refractivity contribution in [1.82, 2.24) is 30.0 Å². The van der Waals surface area contributed by atoms with E-state index in [0.29, 0.717) is 42.3 Å². The molecule has 4 rings (SSSR count). The van der Waals surface area contributed by atoms with E-state index in [4.69, 9.17) is 11.6 Å².